The highest BCUT2D eigenvalue weighted by Crippen LogP contribution is 2.30. The van der Waals surface area contributed by atoms with E-state index in [4.69, 9.17) is 0 Å². The SMILES string of the molecule is CC1CN(c2nc(C(F)(F)F)ns2)CCN1. The van der Waals surface area contributed by atoms with Crippen LogP contribution < -0.4 is 10.2 Å². The van der Waals surface area contributed by atoms with E-state index in [0.717, 1.165) is 18.1 Å². The summed E-state index contributed by atoms with van der Waals surface area (Å²) >= 11 is 0.802. The van der Waals surface area contributed by atoms with E-state index in [2.05, 4.69) is 14.7 Å². The molecule has 0 aromatic carbocycles. The van der Waals surface area contributed by atoms with Gasteiger partial charge in [-0.2, -0.15) is 22.5 Å². The van der Waals surface area contributed by atoms with Crippen LogP contribution in [0.4, 0.5) is 18.3 Å². The third kappa shape index (κ3) is 2.43. The van der Waals surface area contributed by atoms with Crippen molar-refractivity contribution in [1.29, 1.82) is 0 Å². The average molecular weight is 252 g/mol. The Morgan fingerprint density at radius 1 is 1.50 bits per heavy atom. The molecule has 0 spiro atoms. The standard InChI is InChI=1S/C8H11F3N4S/c1-5-4-15(3-2-12-5)7-13-6(14-16-7)8(9,10)11/h5,12H,2-4H2,1H3. The van der Waals surface area contributed by atoms with Crippen LogP contribution in [0.15, 0.2) is 0 Å². The number of anilines is 1. The Kier molecular flexibility index (Phi) is 3.02. The molecule has 1 aliphatic heterocycles. The average Bonchev–Trinajstić information content (AvgIpc) is 2.65. The van der Waals surface area contributed by atoms with Gasteiger partial charge in [-0.25, -0.2) is 0 Å². The van der Waals surface area contributed by atoms with Crippen molar-refractivity contribution in [1.82, 2.24) is 14.7 Å². The first-order valence-electron chi connectivity index (χ1n) is 4.86. The zero-order valence-electron chi connectivity index (χ0n) is 8.58. The van der Waals surface area contributed by atoms with Gasteiger partial charge in [-0.1, -0.05) is 0 Å². The summed E-state index contributed by atoms with van der Waals surface area (Å²) in [5.74, 6) is -1.04. The van der Waals surface area contributed by atoms with Crippen molar-refractivity contribution in [3.63, 3.8) is 0 Å². The molecule has 4 nitrogen and oxygen atoms in total. The minimum atomic E-state index is -4.45. The maximum absolute atomic E-state index is 12.3. The van der Waals surface area contributed by atoms with E-state index in [1.165, 1.54) is 0 Å². The highest BCUT2D eigenvalue weighted by Gasteiger charge is 2.36. The van der Waals surface area contributed by atoms with Crippen molar-refractivity contribution in [3.8, 4) is 0 Å². The Labute approximate surface area is 94.6 Å². The van der Waals surface area contributed by atoms with Crippen LogP contribution in [0, 0.1) is 0 Å². The Bertz CT molecular complexity index is 364. The molecule has 1 atom stereocenters. The van der Waals surface area contributed by atoms with E-state index in [9.17, 15) is 13.2 Å². The van der Waals surface area contributed by atoms with E-state index in [-0.39, 0.29) is 6.04 Å². The summed E-state index contributed by atoms with van der Waals surface area (Å²) in [6.07, 6.45) is -4.45. The molecule has 8 heteroatoms. The second-order valence-corrected chi connectivity index (χ2v) is 4.43. The summed E-state index contributed by atoms with van der Waals surface area (Å²) in [4.78, 5) is 5.35. The molecule has 1 saturated heterocycles. The van der Waals surface area contributed by atoms with Gasteiger partial charge in [0.25, 0.3) is 0 Å². The summed E-state index contributed by atoms with van der Waals surface area (Å²) < 4.78 is 40.2. The number of halogens is 3. The number of rotatable bonds is 1. The predicted molar refractivity (Wildman–Crippen MR) is 54.6 cm³/mol. The van der Waals surface area contributed by atoms with Crippen LogP contribution in [0.1, 0.15) is 12.7 Å². The van der Waals surface area contributed by atoms with Crippen LogP contribution in [0.2, 0.25) is 0 Å². The van der Waals surface area contributed by atoms with Crippen LogP contribution in [0.5, 0.6) is 0 Å². The fourth-order valence-corrected chi connectivity index (χ4v) is 2.29. The van der Waals surface area contributed by atoms with Gasteiger partial charge in [-0.15, -0.1) is 0 Å². The number of hydrogen-bond donors (Lipinski definition) is 1. The molecule has 1 aliphatic rings. The van der Waals surface area contributed by atoms with Crippen LogP contribution in [-0.4, -0.2) is 35.0 Å². The quantitative estimate of drug-likeness (QED) is 0.819. The maximum atomic E-state index is 12.3. The fraction of sp³-hybridized carbons (Fsp3) is 0.750. The van der Waals surface area contributed by atoms with Gasteiger partial charge in [0.05, 0.1) is 0 Å². The van der Waals surface area contributed by atoms with Gasteiger partial charge in [0, 0.05) is 37.2 Å². The zero-order valence-corrected chi connectivity index (χ0v) is 9.40. The van der Waals surface area contributed by atoms with Crippen molar-refractivity contribution >= 4 is 16.7 Å². The lowest BCUT2D eigenvalue weighted by atomic mass is 10.2. The number of hydrogen-bond acceptors (Lipinski definition) is 5. The molecule has 0 radical (unpaired) electrons. The maximum Gasteiger partial charge on any atom is 0.452 e. The lowest BCUT2D eigenvalue weighted by molar-refractivity contribution is -0.144. The summed E-state index contributed by atoms with van der Waals surface area (Å²) in [6.45, 7) is 4.06. The van der Waals surface area contributed by atoms with Crippen molar-refractivity contribution in [2.75, 3.05) is 24.5 Å². The van der Waals surface area contributed by atoms with Crippen molar-refractivity contribution in [2.45, 2.75) is 19.1 Å². The van der Waals surface area contributed by atoms with Gasteiger partial charge in [0.15, 0.2) is 0 Å². The molecule has 2 rings (SSSR count). The molecule has 2 heterocycles. The van der Waals surface area contributed by atoms with E-state index < -0.39 is 12.0 Å². The number of nitrogens with one attached hydrogen (secondary N) is 1. The van der Waals surface area contributed by atoms with Gasteiger partial charge in [0.1, 0.15) is 0 Å². The second-order valence-electron chi connectivity index (χ2n) is 3.70. The molecule has 0 amide bonds. The lowest BCUT2D eigenvalue weighted by Gasteiger charge is -2.31. The highest BCUT2D eigenvalue weighted by molar-refractivity contribution is 7.09. The first-order chi connectivity index (χ1) is 7.47. The molecule has 16 heavy (non-hydrogen) atoms. The molecule has 1 aromatic rings. The highest BCUT2D eigenvalue weighted by atomic mass is 32.1. The summed E-state index contributed by atoms with van der Waals surface area (Å²) in [5.41, 5.74) is 0. The summed E-state index contributed by atoms with van der Waals surface area (Å²) in [6, 6.07) is 0.256. The first-order valence-corrected chi connectivity index (χ1v) is 5.63. The van der Waals surface area contributed by atoms with Crippen molar-refractivity contribution in [3.05, 3.63) is 5.82 Å². The molecule has 90 valence electrons. The topological polar surface area (TPSA) is 41.1 Å². The zero-order chi connectivity index (χ0) is 11.8. The molecule has 0 bridgehead atoms. The van der Waals surface area contributed by atoms with Crippen LogP contribution in [0.3, 0.4) is 0 Å². The van der Waals surface area contributed by atoms with Crippen molar-refractivity contribution < 1.29 is 13.2 Å². The minimum Gasteiger partial charge on any atom is -0.344 e. The van der Waals surface area contributed by atoms with E-state index in [0.29, 0.717) is 18.2 Å². The summed E-state index contributed by atoms with van der Waals surface area (Å²) in [7, 11) is 0. The molecule has 0 saturated carbocycles. The predicted octanol–water partition coefficient (Wildman–Crippen LogP) is 1.35. The Morgan fingerprint density at radius 2 is 2.25 bits per heavy atom. The normalized spacial score (nSPS) is 22.5. The van der Waals surface area contributed by atoms with Gasteiger partial charge < -0.3 is 10.2 Å². The van der Waals surface area contributed by atoms with Crippen molar-refractivity contribution in [2.24, 2.45) is 0 Å². The number of aromatic nitrogens is 2. The third-order valence-corrected chi connectivity index (χ3v) is 3.09. The smallest absolute Gasteiger partial charge is 0.344 e. The number of alkyl halides is 3. The summed E-state index contributed by atoms with van der Waals surface area (Å²) in [5, 5.41) is 3.56. The van der Waals surface area contributed by atoms with Gasteiger partial charge in [-0.3, -0.25) is 0 Å². The van der Waals surface area contributed by atoms with Crippen LogP contribution >= 0.6 is 11.5 Å². The van der Waals surface area contributed by atoms with Gasteiger partial charge >= 0.3 is 6.18 Å². The lowest BCUT2D eigenvalue weighted by Crippen LogP contribution is -2.49. The number of nitrogens with zero attached hydrogens (tertiary/aromatic N) is 3. The third-order valence-electron chi connectivity index (χ3n) is 2.31. The van der Waals surface area contributed by atoms with Gasteiger partial charge in [0.2, 0.25) is 11.0 Å². The molecular weight excluding hydrogens is 241 g/mol. The molecule has 1 fully saturated rings. The molecular formula is C8H11F3N4S. The molecule has 1 N–H and O–H groups in total. The second kappa shape index (κ2) is 4.17. The monoisotopic (exact) mass is 252 g/mol. The van der Waals surface area contributed by atoms with Crippen LogP contribution in [-0.2, 0) is 6.18 Å². The van der Waals surface area contributed by atoms with E-state index >= 15 is 0 Å². The molecule has 1 unspecified atom stereocenters. The van der Waals surface area contributed by atoms with E-state index in [1.807, 2.05) is 11.8 Å². The van der Waals surface area contributed by atoms with E-state index in [1.54, 1.807) is 0 Å². The molecule has 1 aromatic heterocycles. The van der Waals surface area contributed by atoms with Gasteiger partial charge in [-0.05, 0) is 6.92 Å². The fourth-order valence-electron chi connectivity index (χ4n) is 1.57. The largest absolute Gasteiger partial charge is 0.452 e. The first kappa shape index (κ1) is 11.6. The Hall–Kier alpha value is -0.890. The Morgan fingerprint density at radius 3 is 2.81 bits per heavy atom. The van der Waals surface area contributed by atoms with Crippen LogP contribution in [0.25, 0.3) is 0 Å². The minimum absolute atomic E-state index is 0.256. The molecule has 0 aliphatic carbocycles. The number of piperazine rings is 1. The Balaban J connectivity index is 2.12.